The molecule has 136 valence electrons. The number of rotatable bonds is 4. The number of thiophene rings is 1. The van der Waals surface area contributed by atoms with Crippen molar-refractivity contribution in [2.24, 2.45) is 0 Å². The molecule has 2 aromatic rings. The van der Waals surface area contributed by atoms with E-state index in [1.165, 1.54) is 36.6 Å². The maximum absolute atomic E-state index is 12.6. The van der Waals surface area contributed by atoms with Gasteiger partial charge in [-0.15, -0.1) is 11.3 Å². The minimum absolute atomic E-state index is 0.162. The summed E-state index contributed by atoms with van der Waals surface area (Å²) in [5.74, 6) is -1.22. The smallest absolute Gasteiger partial charge is 0.341 e. The number of carbonyl (C=O) groups excluding carboxylic acids is 2. The molecular weight excluding hydrogens is 380 g/mol. The number of hydrogen-bond acceptors (Lipinski definition) is 6. The molecule has 0 atom stereocenters. The van der Waals surface area contributed by atoms with Crippen LogP contribution in [-0.4, -0.2) is 23.9 Å². The number of fused-ring (bicyclic) bond motifs is 1. The number of anilines is 1. The highest BCUT2D eigenvalue weighted by molar-refractivity contribution is 7.17. The second-order valence-corrected chi connectivity index (χ2v) is 7.32. The maximum Gasteiger partial charge on any atom is 0.341 e. The van der Waals surface area contributed by atoms with E-state index >= 15 is 0 Å². The van der Waals surface area contributed by atoms with E-state index in [2.05, 4.69) is 5.32 Å². The van der Waals surface area contributed by atoms with Crippen LogP contribution in [0, 0.1) is 10.1 Å². The molecule has 3 rings (SSSR count). The van der Waals surface area contributed by atoms with Crippen LogP contribution in [-0.2, 0) is 17.6 Å². The molecule has 0 spiro atoms. The molecule has 0 saturated carbocycles. The lowest BCUT2D eigenvalue weighted by Crippen LogP contribution is -2.16. The van der Waals surface area contributed by atoms with Crippen LogP contribution in [0.2, 0.25) is 5.02 Å². The van der Waals surface area contributed by atoms with Crippen molar-refractivity contribution in [3.63, 3.8) is 0 Å². The molecule has 0 saturated heterocycles. The molecule has 0 bridgehead atoms. The van der Waals surface area contributed by atoms with Gasteiger partial charge in [-0.1, -0.05) is 11.6 Å². The normalized spacial score (nSPS) is 13.0. The highest BCUT2D eigenvalue weighted by Gasteiger charge is 2.28. The van der Waals surface area contributed by atoms with Crippen molar-refractivity contribution in [2.45, 2.75) is 25.7 Å². The van der Waals surface area contributed by atoms with Crippen molar-refractivity contribution >= 4 is 45.5 Å². The number of aryl methyl sites for hydroxylation is 1. The Balaban J connectivity index is 2.01. The molecule has 0 unspecified atom stereocenters. The van der Waals surface area contributed by atoms with Gasteiger partial charge < -0.3 is 10.1 Å². The first-order valence-electron chi connectivity index (χ1n) is 7.90. The molecule has 1 aromatic carbocycles. The highest BCUT2D eigenvalue weighted by atomic mass is 35.5. The van der Waals surface area contributed by atoms with Crippen LogP contribution in [0.15, 0.2) is 18.2 Å². The molecule has 1 heterocycles. The van der Waals surface area contributed by atoms with Gasteiger partial charge in [-0.2, -0.15) is 0 Å². The zero-order valence-electron chi connectivity index (χ0n) is 13.8. The van der Waals surface area contributed by atoms with Crippen molar-refractivity contribution < 1.29 is 19.2 Å². The topological polar surface area (TPSA) is 98.5 Å². The number of nitro benzene ring substituents is 1. The second kappa shape index (κ2) is 7.43. The van der Waals surface area contributed by atoms with Gasteiger partial charge >= 0.3 is 5.97 Å². The molecule has 1 N–H and O–H groups in total. The van der Waals surface area contributed by atoms with E-state index < -0.39 is 16.8 Å². The lowest BCUT2D eigenvalue weighted by molar-refractivity contribution is -0.385. The Kier molecular flexibility index (Phi) is 5.24. The predicted octanol–water partition coefficient (Wildman–Crippen LogP) is 4.23. The summed E-state index contributed by atoms with van der Waals surface area (Å²) in [5.41, 5.74) is 0.715. The van der Waals surface area contributed by atoms with Crippen LogP contribution in [0.1, 0.15) is 44.0 Å². The third-order valence-electron chi connectivity index (χ3n) is 4.19. The summed E-state index contributed by atoms with van der Waals surface area (Å²) in [6, 6.07) is 3.76. The number of esters is 1. The van der Waals surface area contributed by atoms with Gasteiger partial charge in [0.15, 0.2) is 0 Å². The van der Waals surface area contributed by atoms with E-state index in [-0.39, 0.29) is 16.3 Å². The Morgan fingerprint density at radius 2 is 2.04 bits per heavy atom. The molecule has 0 fully saturated rings. The van der Waals surface area contributed by atoms with Gasteiger partial charge in [-0.3, -0.25) is 14.9 Å². The number of methoxy groups -OCH3 is 1. The summed E-state index contributed by atoms with van der Waals surface area (Å²) < 4.78 is 4.86. The fourth-order valence-corrected chi connectivity index (χ4v) is 4.44. The molecule has 1 amide bonds. The van der Waals surface area contributed by atoms with Crippen molar-refractivity contribution in [1.29, 1.82) is 0 Å². The standard InChI is InChI=1S/C17H15ClN2O5S/c1-25-17(22)14-10-4-2-3-5-13(10)26-16(14)19-15(21)11-8-9(18)6-7-12(11)20(23)24/h6-8H,2-5H2,1H3,(H,19,21). The van der Waals surface area contributed by atoms with E-state index in [9.17, 15) is 19.7 Å². The van der Waals surface area contributed by atoms with E-state index in [0.29, 0.717) is 10.6 Å². The Labute approximate surface area is 158 Å². The summed E-state index contributed by atoms with van der Waals surface area (Å²) in [6.45, 7) is 0. The maximum atomic E-state index is 12.6. The quantitative estimate of drug-likeness (QED) is 0.475. The largest absolute Gasteiger partial charge is 0.465 e. The van der Waals surface area contributed by atoms with Crippen LogP contribution in [0.4, 0.5) is 10.7 Å². The van der Waals surface area contributed by atoms with Crippen LogP contribution < -0.4 is 5.32 Å². The molecule has 9 heteroatoms. The number of carbonyl (C=O) groups is 2. The van der Waals surface area contributed by atoms with Gasteiger partial charge in [0, 0.05) is 16.0 Å². The van der Waals surface area contributed by atoms with Crippen molar-refractivity contribution in [2.75, 3.05) is 12.4 Å². The van der Waals surface area contributed by atoms with Crippen molar-refractivity contribution in [1.82, 2.24) is 0 Å². The lowest BCUT2D eigenvalue weighted by Gasteiger charge is -2.11. The molecule has 0 aliphatic heterocycles. The number of nitrogens with zero attached hydrogens (tertiary/aromatic N) is 1. The van der Waals surface area contributed by atoms with Crippen molar-refractivity contribution in [3.8, 4) is 0 Å². The first-order chi connectivity index (χ1) is 12.4. The number of ether oxygens (including phenoxy) is 1. The summed E-state index contributed by atoms with van der Waals surface area (Å²) in [6.07, 6.45) is 3.54. The predicted molar refractivity (Wildman–Crippen MR) is 98.4 cm³/mol. The fraction of sp³-hybridized carbons (Fsp3) is 0.294. The third-order valence-corrected chi connectivity index (χ3v) is 5.63. The van der Waals surface area contributed by atoms with E-state index in [1.807, 2.05) is 0 Å². The minimum Gasteiger partial charge on any atom is -0.465 e. The molecular formula is C17H15ClN2O5S. The average Bonchev–Trinajstić information content (AvgIpc) is 2.98. The molecule has 1 aliphatic carbocycles. The van der Waals surface area contributed by atoms with Gasteiger partial charge in [-0.25, -0.2) is 4.79 Å². The van der Waals surface area contributed by atoms with E-state index in [4.69, 9.17) is 16.3 Å². The van der Waals surface area contributed by atoms with Crippen LogP contribution in [0.25, 0.3) is 0 Å². The summed E-state index contributed by atoms with van der Waals surface area (Å²) >= 11 is 7.19. The first-order valence-corrected chi connectivity index (χ1v) is 9.10. The van der Waals surface area contributed by atoms with Crippen LogP contribution >= 0.6 is 22.9 Å². The van der Waals surface area contributed by atoms with E-state index in [0.717, 1.165) is 36.1 Å². The number of benzene rings is 1. The Hall–Kier alpha value is -2.45. The second-order valence-electron chi connectivity index (χ2n) is 5.78. The van der Waals surface area contributed by atoms with E-state index in [1.54, 1.807) is 0 Å². The number of hydrogen-bond donors (Lipinski definition) is 1. The SMILES string of the molecule is COC(=O)c1c(NC(=O)c2cc(Cl)ccc2[N+](=O)[O-])sc2c1CCCC2. The average molecular weight is 395 g/mol. The summed E-state index contributed by atoms with van der Waals surface area (Å²) in [7, 11) is 1.28. The Morgan fingerprint density at radius 1 is 1.31 bits per heavy atom. The Morgan fingerprint density at radius 3 is 2.73 bits per heavy atom. The monoisotopic (exact) mass is 394 g/mol. The van der Waals surface area contributed by atoms with Gasteiger partial charge in [0.05, 0.1) is 17.6 Å². The molecule has 7 nitrogen and oxygen atoms in total. The first kappa shape index (κ1) is 18.3. The van der Waals surface area contributed by atoms with Gasteiger partial charge in [0.25, 0.3) is 11.6 Å². The van der Waals surface area contributed by atoms with Crippen molar-refractivity contribution in [3.05, 3.63) is 54.9 Å². The molecule has 1 aromatic heterocycles. The zero-order valence-corrected chi connectivity index (χ0v) is 15.4. The molecule has 26 heavy (non-hydrogen) atoms. The highest BCUT2D eigenvalue weighted by Crippen LogP contribution is 2.39. The number of halogens is 1. The lowest BCUT2D eigenvalue weighted by atomic mass is 9.95. The summed E-state index contributed by atoms with van der Waals surface area (Å²) in [4.78, 5) is 36.4. The zero-order chi connectivity index (χ0) is 18.8. The van der Waals surface area contributed by atoms with Gasteiger partial charge in [-0.05, 0) is 43.4 Å². The van der Waals surface area contributed by atoms with Crippen LogP contribution in [0.5, 0.6) is 0 Å². The number of amides is 1. The number of nitro groups is 1. The number of nitrogens with one attached hydrogen (secondary N) is 1. The Bertz CT molecular complexity index is 909. The molecule has 1 aliphatic rings. The minimum atomic E-state index is -0.692. The van der Waals surface area contributed by atoms with Gasteiger partial charge in [0.1, 0.15) is 10.6 Å². The van der Waals surface area contributed by atoms with Crippen LogP contribution in [0.3, 0.4) is 0 Å². The molecule has 0 radical (unpaired) electrons. The van der Waals surface area contributed by atoms with Gasteiger partial charge in [0.2, 0.25) is 0 Å². The fourth-order valence-electron chi connectivity index (χ4n) is 2.99. The third kappa shape index (κ3) is 3.42. The summed E-state index contributed by atoms with van der Waals surface area (Å²) in [5, 5.41) is 14.4.